The molecule has 2 atom stereocenters. The van der Waals surface area contributed by atoms with Gasteiger partial charge in [0.15, 0.2) is 23.0 Å². The number of benzene rings is 1. The summed E-state index contributed by atoms with van der Waals surface area (Å²) in [4.78, 5) is 32.0. The highest BCUT2D eigenvalue weighted by Gasteiger charge is 2.34. The van der Waals surface area contributed by atoms with Gasteiger partial charge in [0.05, 0.1) is 12.6 Å². The molecule has 11 heteroatoms. The lowest BCUT2D eigenvalue weighted by Gasteiger charge is -2.23. The highest BCUT2D eigenvalue weighted by molar-refractivity contribution is 5.94. The van der Waals surface area contributed by atoms with Crippen molar-refractivity contribution in [2.75, 3.05) is 13.2 Å². The summed E-state index contributed by atoms with van der Waals surface area (Å²) in [5.74, 6) is 0.243. The van der Waals surface area contributed by atoms with Gasteiger partial charge in [-0.1, -0.05) is 0 Å². The Morgan fingerprint density at radius 3 is 2.58 bits per heavy atom. The number of likely N-dealkylation sites (tertiary alicyclic amines) is 1. The van der Waals surface area contributed by atoms with Gasteiger partial charge in [-0.25, -0.2) is 9.78 Å². The Bertz CT molecular complexity index is 1160. The summed E-state index contributed by atoms with van der Waals surface area (Å²) in [6, 6.07) is 3.37. The number of oxazole rings is 1. The summed E-state index contributed by atoms with van der Waals surface area (Å²) in [6.07, 6.45) is 2.95. The number of ether oxygens (including phenoxy) is 3. The second kappa shape index (κ2) is 11.2. The number of halogens is 2. The summed E-state index contributed by atoms with van der Waals surface area (Å²) >= 11 is 0. The fourth-order valence-electron chi connectivity index (χ4n) is 4.13. The largest absolute Gasteiger partial charge is 0.489 e. The zero-order valence-corrected chi connectivity index (χ0v) is 22.1. The highest BCUT2D eigenvalue weighted by Crippen LogP contribution is 2.37. The Morgan fingerprint density at radius 1 is 1.24 bits per heavy atom. The monoisotopic (exact) mass is 534 g/mol. The Kier molecular flexibility index (Phi) is 8.13. The Hall–Kier alpha value is -3.37. The highest BCUT2D eigenvalue weighted by atomic mass is 19.3. The van der Waals surface area contributed by atoms with Crippen molar-refractivity contribution in [2.45, 2.75) is 77.7 Å². The van der Waals surface area contributed by atoms with E-state index in [0.717, 1.165) is 25.7 Å². The van der Waals surface area contributed by atoms with Crippen LogP contribution in [-0.4, -0.2) is 53.3 Å². The molecule has 207 valence electrons. The van der Waals surface area contributed by atoms with E-state index in [1.807, 2.05) is 0 Å². The number of carbonyl (C=O) groups excluding carboxylic acids is 2. The molecule has 4 rings (SSSR count). The fourth-order valence-corrected chi connectivity index (χ4v) is 4.13. The first-order valence-electron chi connectivity index (χ1n) is 12.8. The quantitative estimate of drug-likeness (QED) is 0.437. The molecule has 1 aliphatic heterocycles. The Balaban J connectivity index is 1.67. The van der Waals surface area contributed by atoms with E-state index in [0.29, 0.717) is 24.6 Å². The fraction of sp³-hybridized carbons (Fsp3) is 0.556. The first-order chi connectivity index (χ1) is 17.9. The van der Waals surface area contributed by atoms with Crippen molar-refractivity contribution in [3.05, 3.63) is 36.6 Å². The van der Waals surface area contributed by atoms with Gasteiger partial charge in [0.1, 0.15) is 5.60 Å². The SMILES string of the molecule is [CH2][C@H]1CCCN1C(=O)c1nc(-c2ccc(OC(F)F)c(OCC3CC3)c2)oc1[C@H](C)NC(=O)OC(C)(C)C. The summed E-state index contributed by atoms with van der Waals surface area (Å²) in [7, 11) is 0. The predicted octanol–water partition coefficient (Wildman–Crippen LogP) is 5.76. The van der Waals surface area contributed by atoms with Crippen molar-refractivity contribution in [3.63, 3.8) is 0 Å². The van der Waals surface area contributed by atoms with Crippen molar-refractivity contribution in [3.8, 4) is 23.0 Å². The standard InChI is InChI=1S/C27H34F2N3O6/c1-15-7-6-12-32(15)24(33)21-22(16(2)30-26(34)38-27(3,4)5)37-23(31-21)18-10-11-19(36-25(28)29)20(13-18)35-14-17-8-9-17/h10-11,13,15-17,25H,1,6-9,12,14H2,2-5H3,(H,30,34)/t15-,16-/m0/s1. The molecule has 1 radical (unpaired) electrons. The van der Waals surface area contributed by atoms with E-state index < -0.39 is 24.3 Å². The van der Waals surface area contributed by atoms with Crippen LogP contribution < -0.4 is 14.8 Å². The van der Waals surface area contributed by atoms with Crippen LogP contribution in [0.25, 0.3) is 11.5 Å². The minimum Gasteiger partial charge on any atom is -0.489 e. The number of nitrogens with one attached hydrogen (secondary N) is 1. The van der Waals surface area contributed by atoms with Crippen LogP contribution in [0, 0.1) is 12.8 Å². The molecule has 2 amide bonds. The van der Waals surface area contributed by atoms with E-state index >= 15 is 0 Å². The molecular weight excluding hydrogens is 500 g/mol. The number of hydrogen-bond acceptors (Lipinski definition) is 7. The number of nitrogens with zero attached hydrogens (tertiary/aromatic N) is 2. The molecule has 2 aliphatic rings. The number of alkyl carbamates (subject to hydrolysis) is 1. The molecule has 38 heavy (non-hydrogen) atoms. The third-order valence-corrected chi connectivity index (χ3v) is 6.20. The summed E-state index contributed by atoms with van der Waals surface area (Å²) in [5.41, 5.74) is -0.285. The molecule has 2 aromatic rings. The average molecular weight is 535 g/mol. The van der Waals surface area contributed by atoms with Crippen LogP contribution in [0.1, 0.15) is 75.7 Å². The number of alkyl halides is 2. The van der Waals surface area contributed by atoms with Gasteiger partial charge in [-0.05, 0) is 84.4 Å². The molecule has 0 unspecified atom stereocenters. The van der Waals surface area contributed by atoms with Crippen LogP contribution in [0.15, 0.2) is 22.6 Å². The molecule has 1 N–H and O–H groups in total. The number of hydrogen-bond donors (Lipinski definition) is 1. The second-order valence-electron chi connectivity index (χ2n) is 10.7. The average Bonchev–Trinajstić information content (AvgIpc) is 3.37. The third-order valence-electron chi connectivity index (χ3n) is 6.20. The topological polar surface area (TPSA) is 103 Å². The number of amides is 2. The molecule has 1 aliphatic carbocycles. The van der Waals surface area contributed by atoms with E-state index in [1.54, 1.807) is 32.6 Å². The molecule has 0 spiro atoms. The first-order valence-corrected chi connectivity index (χ1v) is 12.8. The van der Waals surface area contributed by atoms with Crippen LogP contribution in [0.2, 0.25) is 0 Å². The molecule has 1 saturated carbocycles. The zero-order valence-electron chi connectivity index (χ0n) is 22.1. The lowest BCUT2D eigenvalue weighted by Crippen LogP contribution is -2.37. The van der Waals surface area contributed by atoms with Crippen molar-refractivity contribution in [1.82, 2.24) is 15.2 Å². The predicted molar refractivity (Wildman–Crippen MR) is 134 cm³/mol. The van der Waals surface area contributed by atoms with Crippen molar-refractivity contribution < 1.29 is 37.0 Å². The second-order valence-corrected chi connectivity index (χ2v) is 10.7. The molecule has 2 fully saturated rings. The molecule has 1 aromatic heterocycles. The lowest BCUT2D eigenvalue weighted by atomic mass is 10.1. The smallest absolute Gasteiger partial charge is 0.408 e. The number of rotatable bonds is 9. The van der Waals surface area contributed by atoms with E-state index in [-0.39, 0.29) is 40.8 Å². The molecule has 0 bridgehead atoms. The molecule has 9 nitrogen and oxygen atoms in total. The lowest BCUT2D eigenvalue weighted by molar-refractivity contribution is -0.0515. The van der Waals surface area contributed by atoms with Crippen LogP contribution in [-0.2, 0) is 4.74 Å². The van der Waals surface area contributed by atoms with Gasteiger partial charge in [0.25, 0.3) is 5.91 Å². The van der Waals surface area contributed by atoms with Gasteiger partial charge in [0.2, 0.25) is 5.89 Å². The van der Waals surface area contributed by atoms with E-state index in [4.69, 9.17) is 13.9 Å². The van der Waals surface area contributed by atoms with Gasteiger partial charge in [-0.3, -0.25) is 4.79 Å². The van der Waals surface area contributed by atoms with Crippen LogP contribution in [0.5, 0.6) is 11.5 Å². The van der Waals surface area contributed by atoms with Gasteiger partial charge in [0, 0.05) is 18.2 Å². The van der Waals surface area contributed by atoms with Gasteiger partial charge < -0.3 is 28.8 Å². The summed E-state index contributed by atoms with van der Waals surface area (Å²) in [6.45, 7) is 8.81. The van der Waals surface area contributed by atoms with Gasteiger partial charge in [-0.15, -0.1) is 0 Å². The minimum absolute atomic E-state index is 0.0347. The maximum atomic E-state index is 13.5. The maximum Gasteiger partial charge on any atom is 0.408 e. The summed E-state index contributed by atoms with van der Waals surface area (Å²) in [5, 5.41) is 2.69. The van der Waals surface area contributed by atoms with E-state index in [2.05, 4.69) is 22.0 Å². The normalized spacial score (nSPS) is 18.4. The zero-order chi connectivity index (χ0) is 27.6. The van der Waals surface area contributed by atoms with E-state index in [1.165, 1.54) is 18.2 Å². The number of aromatic nitrogens is 1. The van der Waals surface area contributed by atoms with Crippen LogP contribution in [0.3, 0.4) is 0 Å². The maximum absolute atomic E-state index is 13.5. The molecule has 1 saturated heterocycles. The Morgan fingerprint density at radius 2 is 1.97 bits per heavy atom. The third kappa shape index (κ3) is 6.93. The van der Waals surface area contributed by atoms with Gasteiger partial charge in [-0.2, -0.15) is 8.78 Å². The van der Waals surface area contributed by atoms with Crippen molar-refractivity contribution in [1.29, 1.82) is 0 Å². The van der Waals surface area contributed by atoms with Gasteiger partial charge >= 0.3 is 12.7 Å². The van der Waals surface area contributed by atoms with E-state index in [9.17, 15) is 18.4 Å². The first kappa shape index (κ1) is 27.7. The van der Waals surface area contributed by atoms with Crippen molar-refractivity contribution >= 4 is 12.0 Å². The molecule has 1 aromatic carbocycles. The minimum atomic E-state index is -3.02. The van der Waals surface area contributed by atoms with Crippen molar-refractivity contribution in [2.24, 2.45) is 5.92 Å². The molecular formula is C27H34F2N3O6. The number of carbonyl (C=O) groups is 2. The molecule has 2 heterocycles. The summed E-state index contributed by atoms with van der Waals surface area (Å²) < 4.78 is 47.7. The Labute approximate surface area is 220 Å². The van der Waals surface area contributed by atoms with Crippen LogP contribution in [0.4, 0.5) is 13.6 Å². The van der Waals surface area contributed by atoms with Crippen LogP contribution >= 0.6 is 0 Å².